The third-order valence-corrected chi connectivity index (χ3v) is 4.08. The number of rotatable bonds is 2. The predicted octanol–water partition coefficient (Wildman–Crippen LogP) is 2.77. The maximum absolute atomic E-state index is 15.0. The van der Waals surface area contributed by atoms with E-state index in [0.717, 1.165) is 24.2 Å². The van der Waals surface area contributed by atoms with Crippen LogP contribution < -0.4 is 10.1 Å². The third-order valence-electron chi connectivity index (χ3n) is 4.08. The minimum absolute atomic E-state index is 0.362. The zero-order valence-electron chi connectivity index (χ0n) is 10.1. The van der Waals surface area contributed by atoms with Crippen LogP contribution in [0.2, 0.25) is 0 Å². The highest BCUT2D eigenvalue weighted by Crippen LogP contribution is 2.43. The van der Waals surface area contributed by atoms with Crippen LogP contribution in [0, 0.1) is 0 Å². The molecule has 0 aliphatic carbocycles. The van der Waals surface area contributed by atoms with Gasteiger partial charge < -0.3 is 10.1 Å². The fourth-order valence-electron chi connectivity index (χ4n) is 3.21. The summed E-state index contributed by atoms with van der Waals surface area (Å²) < 4.78 is 20.1. The van der Waals surface area contributed by atoms with Crippen molar-refractivity contribution in [3.05, 3.63) is 29.8 Å². The molecule has 2 bridgehead atoms. The van der Waals surface area contributed by atoms with Gasteiger partial charge in [-0.3, -0.25) is 0 Å². The van der Waals surface area contributed by atoms with Crippen molar-refractivity contribution in [1.29, 1.82) is 0 Å². The lowest BCUT2D eigenvalue weighted by molar-refractivity contribution is 0.0873. The number of hydrogen-bond acceptors (Lipinski definition) is 2. The standard InChI is InChI=1S/C14H18FNO/c1-17-13-6-2-10(3-7-13)14(15)8-11-4-5-12(9-14)16-11/h2-3,6-7,11-12,16H,4-5,8-9H2,1H3. The molecule has 1 aromatic carbocycles. The molecule has 2 aliphatic heterocycles. The zero-order chi connectivity index (χ0) is 11.9. The molecule has 0 saturated carbocycles. The number of methoxy groups -OCH3 is 1. The second kappa shape index (κ2) is 3.98. The Kier molecular flexibility index (Phi) is 2.58. The molecule has 2 atom stereocenters. The van der Waals surface area contributed by atoms with Crippen LogP contribution in [-0.4, -0.2) is 19.2 Å². The van der Waals surface area contributed by atoms with Gasteiger partial charge in [0.1, 0.15) is 11.4 Å². The van der Waals surface area contributed by atoms with Gasteiger partial charge >= 0.3 is 0 Å². The molecule has 2 heterocycles. The van der Waals surface area contributed by atoms with Crippen LogP contribution in [0.15, 0.2) is 24.3 Å². The third kappa shape index (κ3) is 1.93. The maximum Gasteiger partial charge on any atom is 0.139 e. The van der Waals surface area contributed by atoms with E-state index in [1.165, 1.54) is 0 Å². The normalized spacial score (nSPS) is 35.9. The Balaban J connectivity index is 1.86. The molecule has 92 valence electrons. The molecule has 2 nitrogen and oxygen atoms in total. The van der Waals surface area contributed by atoms with Crippen molar-refractivity contribution in [2.75, 3.05) is 7.11 Å². The second-order valence-corrected chi connectivity index (χ2v) is 5.24. The van der Waals surface area contributed by atoms with Crippen LogP contribution in [0.4, 0.5) is 4.39 Å². The Morgan fingerprint density at radius 3 is 2.29 bits per heavy atom. The molecule has 2 fully saturated rings. The molecular weight excluding hydrogens is 217 g/mol. The van der Waals surface area contributed by atoms with Crippen molar-refractivity contribution in [3.63, 3.8) is 0 Å². The number of alkyl halides is 1. The summed E-state index contributed by atoms with van der Waals surface area (Å²) in [5.74, 6) is 0.786. The van der Waals surface area contributed by atoms with E-state index >= 15 is 4.39 Å². The van der Waals surface area contributed by atoms with E-state index in [0.29, 0.717) is 24.9 Å². The number of halogens is 1. The van der Waals surface area contributed by atoms with Gasteiger partial charge in [0, 0.05) is 24.9 Å². The number of fused-ring (bicyclic) bond motifs is 2. The number of piperidine rings is 1. The van der Waals surface area contributed by atoms with Crippen LogP contribution >= 0.6 is 0 Å². The molecule has 1 N–H and O–H groups in total. The maximum atomic E-state index is 15.0. The number of ether oxygens (including phenoxy) is 1. The monoisotopic (exact) mass is 235 g/mol. The molecule has 0 spiro atoms. The topological polar surface area (TPSA) is 21.3 Å². The molecule has 2 unspecified atom stereocenters. The Morgan fingerprint density at radius 1 is 1.18 bits per heavy atom. The van der Waals surface area contributed by atoms with Gasteiger partial charge in [-0.05, 0) is 30.5 Å². The van der Waals surface area contributed by atoms with Crippen molar-refractivity contribution >= 4 is 0 Å². The highest BCUT2D eigenvalue weighted by Gasteiger charge is 2.44. The fourth-order valence-corrected chi connectivity index (χ4v) is 3.21. The average molecular weight is 235 g/mol. The lowest BCUT2D eigenvalue weighted by atomic mass is 9.83. The molecule has 17 heavy (non-hydrogen) atoms. The van der Waals surface area contributed by atoms with Crippen LogP contribution in [-0.2, 0) is 5.67 Å². The van der Waals surface area contributed by atoms with Gasteiger partial charge in [-0.15, -0.1) is 0 Å². The summed E-state index contributed by atoms with van der Waals surface area (Å²) in [7, 11) is 1.63. The fraction of sp³-hybridized carbons (Fsp3) is 0.571. The first-order valence-corrected chi connectivity index (χ1v) is 6.29. The van der Waals surface area contributed by atoms with Gasteiger partial charge in [-0.1, -0.05) is 12.1 Å². The average Bonchev–Trinajstić information content (AvgIpc) is 2.69. The lowest BCUT2D eigenvalue weighted by Gasteiger charge is -2.35. The highest BCUT2D eigenvalue weighted by atomic mass is 19.1. The first-order valence-electron chi connectivity index (χ1n) is 6.29. The number of benzene rings is 1. The first kappa shape index (κ1) is 11.0. The Hall–Kier alpha value is -1.09. The summed E-state index contributed by atoms with van der Waals surface area (Å²) in [6.07, 6.45) is 3.45. The largest absolute Gasteiger partial charge is 0.497 e. The van der Waals surface area contributed by atoms with Crippen LogP contribution in [0.3, 0.4) is 0 Å². The summed E-state index contributed by atoms with van der Waals surface area (Å²) in [5.41, 5.74) is -0.347. The van der Waals surface area contributed by atoms with Crippen molar-refractivity contribution in [2.45, 2.75) is 43.4 Å². The van der Waals surface area contributed by atoms with Crippen LogP contribution in [0.5, 0.6) is 5.75 Å². The molecular formula is C14H18FNO. The minimum Gasteiger partial charge on any atom is -0.497 e. The summed E-state index contributed by atoms with van der Waals surface area (Å²) in [4.78, 5) is 0. The van der Waals surface area contributed by atoms with E-state index < -0.39 is 5.67 Å². The van der Waals surface area contributed by atoms with Gasteiger partial charge in [0.25, 0.3) is 0 Å². The van der Waals surface area contributed by atoms with Gasteiger partial charge in [-0.25, -0.2) is 4.39 Å². The Labute approximate surface area is 101 Å². The number of hydrogen-bond donors (Lipinski definition) is 1. The number of nitrogens with one attached hydrogen (secondary N) is 1. The minimum atomic E-state index is -1.15. The van der Waals surface area contributed by atoms with E-state index in [4.69, 9.17) is 4.74 Å². The highest BCUT2D eigenvalue weighted by molar-refractivity contribution is 5.32. The zero-order valence-corrected chi connectivity index (χ0v) is 10.1. The van der Waals surface area contributed by atoms with Crippen LogP contribution in [0.25, 0.3) is 0 Å². The molecule has 0 radical (unpaired) electrons. The molecule has 2 aliphatic rings. The molecule has 2 saturated heterocycles. The van der Waals surface area contributed by atoms with Gasteiger partial charge in [0.05, 0.1) is 7.11 Å². The van der Waals surface area contributed by atoms with Crippen molar-refractivity contribution in [1.82, 2.24) is 5.32 Å². The van der Waals surface area contributed by atoms with E-state index in [9.17, 15) is 0 Å². The Bertz CT molecular complexity index is 391. The smallest absolute Gasteiger partial charge is 0.139 e. The van der Waals surface area contributed by atoms with Gasteiger partial charge in [0.15, 0.2) is 0 Å². The predicted molar refractivity (Wildman–Crippen MR) is 65.0 cm³/mol. The van der Waals surface area contributed by atoms with E-state index in [1.807, 2.05) is 24.3 Å². The summed E-state index contributed by atoms with van der Waals surface area (Å²) in [5, 5.41) is 3.47. The molecule has 1 aromatic rings. The van der Waals surface area contributed by atoms with Crippen molar-refractivity contribution in [3.8, 4) is 5.75 Å². The summed E-state index contributed by atoms with van der Waals surface area (Å²) in [6, 6.07) is 8.15. The molecule has 3 heteroatoms. The van der Waals surface area contributed by atoms with Crippen molar-refractivity contribution < 1.29 is 9.13 Å². The summed E-state index contributed by atoms with van der Waals surface area (Å²) >= 11 is 0. The van der Waals surface area contributed by atoms with Gasteiger partial charge in [0.2, 0.25) is 0 Å². The van der Waals surface area contributed by atoms with Crippen LogP contribution in [0.1, 0.15) is 31.2 Å². The summed E-state index contributed by atoms with van der Waals surface area (Å²) in [6.45, 7) is 0. The quantitative estimate of drug-likeness (QED) is 0.851. The van der Waals surface area contributed by atoms with E-state index in [-0.39, 0.29) is 0 Å². The lowest BCUT2D eigenvalue weighted by Crippen LogP contribution is -2.44. The SMILES string of the molecule is COc1ccc(C2(F)CC3CCC(C2)N3)cc1. The first-order chi connectivity index (χ1) is 8.19. The Morgan fingerprint density at radius 2 is 1.76 bits per heavy atom. The van der Waals surface area contributed by atoms with E-state index in [1.54, 1.807) is 7.11 Å². The van der Waals surface area contributed by atoms with E-state index in [2.05, 4.69) is 5.32 Å². The molecule has 0 amide bonds. The molecule has 0 aromatic heterocycles. The second-order valence-electron chi connectivity index (χ2n) is 5.24. The van der Waals surface area contributed by atoms with Crippen molar-refractivity contribution in [2.24, 2.45) is 0 Å². The van der Waals surface area contributed by atoms with Gasteiger partial charge in [-0.2, -0.15) is 0 Å². The molecule has 3 rings (SSSR count).